The lowest BCUT2D eigenvalue weighted by atomic mass is 10.1. The average Bonchev–Trinajstić information content (AvgIpc) is 2.51. The Morgan fingerprint density at radius 3 is 2.80 bits per heavy atom. The molecule has 0 spiro atoms. The van der Waals surface area contributed by atoms with E-state index in [9.17, 15) is 5.11 Å². The summed E-state index contributed by atoms with van der Waals surface area (Å²) in [6.45, 7) is 3.95. The smallest absolute Gasteiger partial charge is 0.209 e. The third-order valence-electron chi connectivity index (χ3n) is 1.76. The van der Waals surface area contributed by atoms with Crippen LogP contribution < -0.4 is 0 Å². The minimum absolute atomic E-state index is 0.0179. The fourth-order valence-electron chi connectivity index (χ4n) is 0.927. The molecule has 6 nitrogen and oxygen atoms in total. The number of thioether (sulfide) groups is 1. The van der Waals surface area contributed by atoms with E-state index in [4.69, 9.17) is 5.11 Å². The van der Waals surface area contributed by atoms with Gasteiger partial charge in [0.1, 0.15) is 0 Å². The van der Waals surface area contributed by atoms with Crippen LogP contribution in [0, 0.1) is 0 Å². The normalized spacial score (nSPS) is 12.0. The van der Waals surface area contributed by atoms with E-state index in [2.05, 4.69) is 15.5 Å². The quantitative estimate of drug-likeness (QED) is 0.667. The number of aliphatic hydroxyl groups is 2. The summed E-state index contributed by atoms with van der Waals surface area (Å²) in [5.41, 5.74) is -0.664. The maximum Gasteiger partial charge on any atom is 0.209 e. The molecule has 0 saturated heterocycles. The molecule has 1 rings (SSSR count). The van der Waals surface area contributed by atoms with Gasteiger partial charge >= 0.3 is 0 Å². The maximum absolute atomic E-state index is 9.51. The lowest BCUT2D eigenvalue weighted by Gasteiger charge is -2.15. The van der Waals surface area contributed by atoms with Gasteiger partial charge in [0, 0.05) is 5.75 Å². The van der Waals surface area contributed by atoms with Crippen LogP contribution >= 0.6 is 11.8 Å². The predicted molar refractivity (Wildman–Crippen MR) is 56.5 cm³/mol. The Labute approximate surface area is 92.7 Å². The van der Waals surface area contributed by atoms with E-state index in [1.54, 1.807) is 18.5 Å². The van der Waals surface area contributed by atoms with Gasteiger partial charge in [0.15, 0.2) is 0 Å². The van der Waals surface area contributed by atoms with Crippen molar-refractivity contribution in [3.05, 3.63) is 0 Å². The van der Waals surface area contributed by atoms with E-state index in [-0.39, 0.29) is 6.61 Å². The topological polar surface area (TPSA) is 84.1 Å². The van der Waals surface area contributed by atoms with Gasteiger partial charge in [-0.2, -0.15) is 0 Å². The molecule has 0 aromatic carbocycles. The molecule has 1 aromatic heterocycles. The van der Waals surface area contributed by atoms with Gasteiger partial charge in [-0.25, -0.2) is 4.68 Å². The Morgan fingerprint density at radius 1 is 1.47 bits per heavy atom. The molecule has 15 heavy (non-hydrogen) atoms. The molecule has 1 heterocycles. The molecule has 86 valence electrons. The van der Waals surface area contributed by atoms with Crippen molar-refractivity contribution in [3.8, 4) is 0 Å². The van der Waals surface area contributed by atoms with E-state index in [1.165, 1.54) is 11.8 Å². The first kappa shape index (κ1) is 12.4. The van der Waals surface area contributed by atoms with Crippen molar-refractivity contribution in [2.45, 2.75) is 37.6 Å². The second-order valence-electron chi connectivity index (χ2n) is 3.82. The van der Waals surface area contributed by atoms with Gasteiger partial charge in [-0.15, -0.1) is 5.10 Å². The van der Waals surface area contributed by atoms with Crippen molar-refractivity contribution in [1.82, 2.24) is 20.2 Å². The molecule has 0 aliphatic heterocycles. The summed E-state index contributed by atoms with van der Waals surface area (Å²) in [5.74, 6) is 0.745. The van der Waals surface area contributed by atoms with Crippen LogP contribution in [0.25, 0.3) is 0 Å². The molecular formula is C8H16N4O2S. The summed E-state index contributed by atoms with van der Waals surface area (Å²) < 4.78 is 1.55. The van der Waals surface area contributed by atoms with E-state index < -0.39 is 5.60 Å². The molecular weight excluding hydrogens is 216 g/mol. The van der Waals surface area contributed by atoms with Crippen molar-refractivity contribution in [3.63, 3.8) is 0 Å². The van der Waals surface area contributed by atoms with Gasteiger partial charge in [0.2, 0.25) is 5.16 Å². The minimum Gasteiger partial charge on any atom is -0.394 e. The first-order valence-corrected chi connectivity index (χ1v) is 5.74. The highest BCUT2D eigenvalue weighted by atomic mass is 32.2. The highest BCUT2D eigenvalue weighted by Crippen LogP contribution is 2.18. The Bertz CT molecular complexity index is 297. The second kappa shape index (κ2) is 5.43. The summed E-state index contributed by atoms with van der Waals surface area (Å²) >= 11 is 1.48. The van der Waals surface area contributed by atoms with Crippen LogP contribution in [0.4, 0.5) is 0 Å². The zero-order chi connectivity index (χ0) is 11.3. The highest BCUT2D eigenvalue weighted by Gasteiger charge is 2.13. The third-order valence-corrected chi connectivity index (χ3v) is 2.71. The summed E-state index contributed by atoms with van der Waals surface area (Å²) in [6.07, 6.45) is 0.670. The lowest BCUT2D eigenvalue weighted by Crippen LogP contribution is -2.19. The number of rotatable bonds is 6. The van der Waals surface area contributed by atoms with Gasteiger partial charge in [-0.1, -0.05) is 11.8 Å². The molecule has 0 radical (unpaired) electrons. The minimum atomic E-state index is -0.664. The van der Waals surface area contributed by atoms with Crippen molar-refractivity contribution >= 4 is 11.8 Å². The molecule has 0 unspecified atom stereocenters. The molecule has 0 aliphatic carbocycles. The average molecular weight is 232 g/mol. The zero-order valence-corrected chi connectivity index (χ0v) is 9.74. The Kier molecular flexibility index (Phi) is 4.49. The summed E-state index contributed by atoms with van der Waals surface area (Å²) in [5, 5.41) is 30.0. The Hall–Kier alpha value is -0.660. The number of nitrogens with zero attached hydrogens (tertiary/aromatic N) is 4. The molecule has 0 saturated carbocycles. The fourth-order valence-corrected chi connectivity index (χ4v) is 2.08. The van der Waals surface area contributed by atoms with Crippen molar-refractivity contribution in [1.29, 1.82) is 0 Å². The first-order chi connectivity index (χ1) is 7.03. The van der Waals surface area contributed by atoms with Crippen LogP contribution in [0.5, 0.6) is 0 Å². The largest absolute Gasteiger partial charge is 0.394 e. The molecule has 0 aliphatic rings. The van der Waals surface area contributed by atoms with Gasteiger partial charge < -0.3 is 10.2 Å². The van der Waals surface area contributed by atoms with E-state index in [0.717, 1.165) is 5.75 Å². The van der Waals surface area contributed by atoms with Crippen molar-refractivity contribution in [2.24, 2.45) is 0 Å². The molecule has 7 heteroatoms. The van der Waals surface area contributed by atoms with E-state index in [0.29, 0.717) is 18.1 Å². The number of aromatic nitrogens is 4. The predicted octanol–water partition coefficient (Wildman–Crippen LogP) is -0.0815. The van der Waals surface area contributed by atoms with E-state index >= 15 is 0 Å². The number of aliphatic hydroxyl groups excluding tert-OH is 1. The van der Waals surface area contributed by atoms with Gasteiger partial charge in [-0.05, 0) is 30.7 Å². The van der Waals surface area contributed by atoms with Crippen LogP contribution in [0.1, 0.15) is 20.3 Å². The maximum atomic E-state index is 9.51. The number of hydrogen-bond acceptors (Lipinski definition) is 6. The monoisotopic (exact) mass is 232 g/mol. The zero-order valence-electron chi connectivity index (χ0n) is 8.92. The summed E-state index contributed by atoms with van der Waals surface area (Å²) in [6, 6.07) is 0. The highest BCUT2D eigenvalue weighted by molar-refractivity contribution is 7.99. The number of tetrazole rings is 1. The molecule has 0 fully saturated rings. The van der Waals surface area contributed by atoms with Crippen LogP contribution in [-0.2, 0) is 6.54 Å². The van der Waals surface area contributed by atoms with Gasteiger partial charge in [0.05, 0.1) is 18.8 Å². The molecule has 0 bridgehead atoms. The molecule has 1 aromatic rings. The Morgan fingerprint density at radius 2 is 2.20 bits per heavy atom. The SMILES string of the molecule is CC(C)(O)CCSc1nnnn1CCO. The number of hydrogen-bond donors (Lipinski definition) is 2. The molecule has 2 N–H and O–H groups in total. The first-order valence-electron chi connectivity index (χ1n) is 4.75. The fraction of sp³-hybridized carbons (Fsp3) is 0.875. The van der Waals surface area contributed by atoms with Crippen LogP contribution in [0.15, 0.2) is 5.16 Å². The van der Waals surface area contributed by atoms with Crippen molar-refractivity contribution in [2.75, 3.05) is 12.4 Å². The standard InChI is InChI=1S/C8H16N4O2S/c1-8(2,14)3-6-15-7-9-10-11-12(7)4-5-13/h13-14H,3-6H2,1-2H3. The van der Waals surface area contributed by atoms with Crippen molar-refractivity contribution < 1.29 is 10.2 Å². The van der Waals surface area contributed by atoms with Crippen LogP contribution in [-0.4, -0.2) is 48.4 Å². The molecule has 0 amide bonds. The Balaban J connectivity index is 2.40. The lowest BCUT2D eigenvalue weighted by molar-refractivity contribution is 0.0777. The summed E-state index contributed by atoms with van der Waals surface area (Å²) in [7, 11) is 0. The molecule has 0 atom stereocenters. The van der Waals surface area contributed by atoms with Crippen LogP contribution in [0.3, 0.4) is 0 Å². The summed E-state index contributed by atoms with van der Waals surface area (Å²) in [4.78, 5) is 0. The third kappa shape index (κ3) is 4.59. The van der Waals surface area contributed by atoms with Gasteiger partial charge in [-0.3, -0.25) is 0 Å². The van der Waals surface area contributed by atoms with Crippen LogP contribution in [0.2, 0.25) is 0 Å². The van der Waals surface area contributed by atoms with Gasteiger partial charge in [0.25, 0.3) is 0 Å². The second-order valence-corrected chi connectivity index (χ2v) is 4.88. The van der Waals surface area contributed by atoms with E-state index in [1.807, 2.05) is 0 Å².